The number of nitrogens with one attached hydrogen (secondary N) is 2. The molecule has 7 heteroatoms. The van der Waals surface area contributed by atoms with Crippen LogP contribution in [0.1, 0.15) is 20.8 Å². The van der Waals surface area contributed by atoms with Gasteiger partial charge in [0.2, 0.25) is 5.91 Å². The minimum atomic E-state index is -1.13. The summed E-state index contributed by atoms with van der Waals surface area (Å²) < 4.78 is 0. The summed E-state index contributed by atoms with van der Waals surface area (Å²) in [5.74, 6) is -1.99. The molecule has 0 unspecified atom stereocenters. The van der Waals surface area contributed by atoms with Crippen LogP contribution in [0.4, 0.5) is 0 Å². The predicted octanol–water partition coefficient (Wildman–Crippen LogP) is 0.296. The second-order valence-electron chi connectivity index (χ2n) is 3.68. The van der Waals surface area contributed by atoms with E-state index in [-0.39, 0.29) is 12.5 Å². The standard InChI is InChI=1S/C11H14N2O4S/c1-6-7(2)18-5-8(6)11(17)13-3-9(14)12-4-10(15)16/h5H,3-4H2,1-2H3,(H,12,14)(H,13,17)(H,15,16). The molecule has 1 aromatic rings. The van der Waals surface area contributed by atoms with E-state index in [4.69, 9.17) is 5.11 Å². The molecule has 1 rings (SSSR count). The van der Waals surface area contributed by atoms with E-state index in [1.807, 2.05) is 13.8 Å². The van der Waals surface area contributed by atoms with E-state index in [9.17, 15) is 14.4 Å². The first-order chi connectivity index (χ1) is 8.41. The summed E-state index contributed by atoms with van der Waals surface area (Å²) in [6.45, 7) is 3.06. The number of carboxylic acids is 1. The SMILES string of the molecule is Cc1scc(C(=O)NCC(=O)NCC(=O)O)c1C. The zero-order valence-corrected chi connectivity index (χ0v) is 10.9. The lowest BCUT2D eigenvalue weighted by atomic mass is 10.1. The molecule has 0 saturated carbocycles. The third-order valence-corrected chi connectivity index (χ3v) is 3.39. The third-order valence-electron chi connectivity index (χ3n) is 2.38. The van der Waals surface area contributed by atoms with Gasteiger partial charge in [0, 0.05) is 10.3 Å². The summed E-state index contributed by atoms with van der Waals surface area (Å²) in [6.07, 6.45) is 0. The van der Waals surface area contributed by atoms with Gasteiger partial charge in [-0.3, -0.25) is 14.4 Å². The van der Waals surface area contributed by atoms with Gasteiger partial charge in [-0.05, 0) is 19.4 Å². The second-order valence-corrected chi connectivity index (χ2v) is 4.77. The Morgan fingerprint density at radius 2 is 1.89 bits per heavy atom. The van der Waals surface area contributed by atoms with Crippen molar-refractivity contribution in [3.8, 4) is 0 Å². The van der Waals surface area contributed by atoms with Crippen molar-refractivity contribution in [3.05, 3.63) is 21.4 Å². The molecule has 0 bridgehead atoms. The fraction of sp³-hybridized carbons (Fsp3) is 0.364. The predicted molar refractivity (Wildman–Crippen MR) is 66.8 cm³/mol. The molecule has 0 aliphatic carbocycles. The summed E-state index contributed by atoms with van der Waals surface area (Å²) in [4.78, 5) is 34.2. The van der Waals surface area contributed by atoms with Gasteiger partial charge in [-0.15, -0.1) is 11.3 Å². The van der Waals surface area contributed by atoms with Gasteiger partial charge in [0.1, 0.15) is 6.54 Å². The molecule has 6 nitrogen and oxygen atoms in total. The van der Waals surface area contributed by atoms with Gasteiger partial charge in [-0.25, -0.2) is 0 Å². The van der Waals surface area contributed by atoms with Crippen molar-refractivity contribution in [2.24, 2.45) is 0 Å². The van der Waals surface area contributed by atoms with E-state index >= 15 is 0 Å². The van der Waals surface area contributed by atoms with Gasteiger partial charge in [0.15, 0.2) is 0 Å². The molecule has 1 aromatic heterocycles. The Labute approximate surface area is 108 Å². The van der Waals surface area contributed by atoms with Crippen LogP contribution < -0.4 is 10.6 Å². The van der Waals surface area contributed by atoms with Gasteiger partial charge >= 0.3 is 5.97 Å². The molecule has 18 heavy (non-hydrogen) atoms. The molecule has 0 atom stereocenters. The number of aryl methyl sites for hydroxylation is 1. The van der Waals surface area contributed by atoms with Crippen LogP contribution in [-0.2, 0) is 9.59 Å². The Morgan fingerprint density at radius 3 is 2.39 bits per heavy atom. The van der Waals surface area contributed by atoms with Crippen molar-refractivity contribution in [3.63, 3.8) is 0 Å². The van der Waals surface area contributed by atoms with E-state index < -0.39 is 18.4 Å². The molecule has 0 aliphatic heterocycles. The van der Waals surface area contributed by atoms with Gasteiger partial charge < -0.3 is 15.7 Å². The maximum atomic E-state index is 11.7. The van der Waals surface area contributed by atoms with Crippen LogP contribution in [0.25, 0.3) is 0 Å². The Hall–Kier alpha value is -1.89. The van der Waals surface area contributed by atoms with Crippen molar-refractivity contribution in [2.75, 3.05) is 13.1 Å². The summed E-state index contributed by atoms with van der Waals surface area (Å²) in [7, 11) is 0. The van der Waals surface area contributed by atoms with E-state index in [2.05, 4.69) is 10.6 Å². The van der Waals surface area contributed by atoms with Crippen molar-refractivity contribution >= 4 is 29.1 Å². The van der Waals surface area contributed by atoms with Crippen molar-refractivity contribution in [2.45, 2.75) is 13.8 Å². The van der Waals surface area contributed by atoms with Crippen LogP contribution >= 0.6 is 11.3 Å². The van der Waals surface area contributed by atoms with Crippen molar-refractivity contribution in [1.82, 2.24) is 10.6 Å². The molecule has 0 radical (unpaired) electrons. The van der Waals surface area contributed by atoms with Crippen LogP contribution in [0.5, 0.6) is 0 Å². The first kappa shape index (κ1) is 14.2. The van der Waals surface area contributed by atoms with Crippen molar-refractivity contribution < 1.29 is 19.5 Å². The quantitative estimate of drug-likeness (QED) is 0.717. The molecule has 0 spiro atoms. The fourth-order valence-corrected chi connectivity index (χ4v) is 2.10. The number of thiophene rings is 1. The molecule has 0 fully saturated rings. The number of rotatable bonds is 5. The van der Waals surface area contributed by atoms with Crippen LogP contribution in [0.15, 0.2) is 5.38 Å². The summed E-state index contributed by atoms with van der Waals surface area (Å²) >= 11 is 1.47. The van der Waals surface area contributed by atoms with E-state index in [0.717, 1.165) is 10.4 Å². The van der Waals surface area contributed by atoms with Crippen LogP contribution in [-0.4, -0.2) is 36.0 Å². The minimum Gasteiger partial charge on any atom is -0.480 e. The average Bonchev–Trinajstić information content (AvgIpc) is 2.64. The lowest BCUT2D eigenvalue weighted by molar-refractivity contribution is -0.137. The number of carbonyl (C=O) groups excluding carboxylic acids is 2. The van der Waals surface area contributed by atoms with E-state index in [1.165, 1.54) is 11.3 Å². The maximum Gasteiger partial charge on any atom is 0.322 e. The fourth-order valence-electron chi connectivity index (χ4n) is 1.23. The van der Waals surface area contributed by atoms with Gasteiger partial charge in [0.25, 0.3) is 5.91 Å². The summed E-state index contributed by atoms with van der Waals surface area (Å²) in [6, 6.07) is 0. The number of hydrogen-bond donors (Lipinski definition) is 3. The third kappa shape index (κ3) is 3.85. The van der Waals surface area contributed by atoms with Gasteiger partial charge in [-0.2, -0.15) is 0 Å². The molecule has 98 valence electrons. The molecule has 2 amide bonds. The zero-order chi connectivity index (χ0) is 13.7. The largest absolute Gasteiger partial charge is 0.480 e. The first-order valence-electron chi connectivity index (χ1n) is 5.23. The molecule has 0 aliphatic rings. The Balaban J connectivity index is 2.44. The highest BCUT2D eigenvalue weighted by molar-refractivity contribution is 7.10. The average molecular weight is 270 g/mol. The molecule has 0 aromatic carbocycles. The van der Waals surface area contributed by atoms with E-state index in [1.54, 1.807) is 5.38 Å². The topological polar surface area (TPSA) is 95.5 Å². The minimum absolute atomic E-state index is 0.236. The number of carbonyl (C=O) groups is 3. The molecular formula is C11H14N2O4S. The Morgan fingerprint density at radius 1 is 1.22 bits per heavy atom. The smallest absolute Gasteiger partial charge is 0.322 e. The highest BCUT2D eigenvalue weighted by Gasteiger charge is 2.13. The second kappa shape index (κ2) is 6.15. The summed E-state index contributed by atoms with van der Waals surface area (Å²) in [5, 5.41) is 14.7. The lowest BCUT2D eigenvalue weighted by Gasteiger charge is -2.05. The van der Waals surface area contributed by atoms with Crippen LogP contribution in [0, 0.1) is 13.8 Å². The lowest BCUT2D eigenvalue weighted by Crippen LogP contribution is -2.39. The molecule has 3 N–H and O–H groups in total. The van der Waals surface area contributed by atoms with E-state index in [0.29, 0.717) is 5.56 Å². The van der Waals surface area contributed by atoms with Crippen LogP contribution in [0.3, 0.4) is 0 Å². The maximum absolute atomic E-state index is 11.7. The van der Waals surface area contributed by atoms with Gasteiger partial charge in [-0.1, -0.05) is 0 Å². The highest BCUT2D eigenvalue weighted by Crippen LogP contribution is 2.20. The van der Waals surface area contributed by atoms with Gasteiger partial charge in [0.05, 0.1) is 12.1 Å². The zero-order valence-electron chi connectivity index (χ0n) is 10.1. The first-order valence-corrected chi connectivity index (χ1v) is 6.11. The van der Waals surface area contributed by atoms with Crippen LogP contribution in [0.2, 0.25) is 0 Å². The molecular weight excluding hydrogens is 256 g/mol. The number of aliphatic carboxylic acids is 1. The normalized spacial score (nSPS) is 9.89. The Kier molecular flexibility index (Phi) is 4.85. The number of carboxylic acid groups (broad SMARTS) is 1. The number of hydrogen-bond acceptors (Lipinski definition) is 4. The number of amides is 2. The Bertz CT molecular complexity index is 481. The monoisotopic (exact) mass is 270 g/mol. The molecule has 0 saturated heterocycles. The summed E-state index contributed by atoms with van der Waals surface area (Å²) in [5.41, 5.74) is 1.44. The molecule has 1 heterocycles. The highest BCUT2D eigenvalue weighted by atomic mass is 32.1. The van der Waals surface area contributed by atoms with Crippen molar-refractivity contribution in [1.29, 1.82) is 0 Å².